The van der Waals surface area contributed by atoms with E-state index < -0.39 is 0 Å². The van der Waals surface area contributed by atoms with Crippen molar-refractivity contribution < 1.29 is 4.74 Å². The molecule has 0 amide bonds. The highest BCUT2D eigenvalue weighted by molar-refractivity contribution is 5.42. The van der Waals surface area contributed by atoms with E-state index in [0.29, 0.717) is 6.04 Å². The molecule has 0 bridgehead atoms. The second-order valence-electron chi connectivity index (χ2n) is 4.42. The fraction of sp³-hybridized carbons (Fsp3) is 0.615. The highest BCUT2D eigenvalue weighted by Gasteiger charge is 2.19. The topological polar surface area (TPSA) is 37.4 Å². The lowest BCUT2D eigenvalue weighted by atomic mass is 10.2. The van der Waals surface area contributed by atoms with Gasteiger partial charge in [0, 0.05) is 19.3 Å². The molecule has 1 N–H and O–H groups in total. The Hall–Kier alpha value is -1.13. The molecule has 1 atom stereocenters. The molecule has 1 saturated heterocycles. The average molecular weight is 235 g/mol. The van der Waals surface area contributed by atoms with Gasteiger partial charge >= 0.3 is 0 Å². The molecule has 0 spiro atoms. The van der Waals surface area contributed by atoms with Crippen LogP contribution in [0.4, 0.5) is 5.82 Å². The van der Waals surface area contributed by atoms with E-state index in [1.807, 2.05) is 6.20 Å². The van der Waals surface area contributed by atoms with Crippen molar-refractivity contribution in [2.75, 3.05) is 31.2 Å². The summed E-state index contributed by atoms with van der Waals surface area (Å²) in [6.45, 7) is 8.71. The van der Waals surface area contributed by atoms with Crippen molar-refractivity contribution in [3.63, 3.8) is 0 Å². The third-order valence-corrected chi connectivity index (χ3v) is 3.05. The minimum Gasteiger partial charge on any atom is -0.377 e. The van der Waals surface area contributed by atoms with Crippen LogP contribution in [0.3, 0.4) is 0 Å². The number of morpholine rings is 1. The maximum atomic E-state index is 5.45. The Morgan fingerprint density at radius 2 is 2.47 bits per heavy atom. The zero-order chi connectivity index (χ0) is 12.1. The number of nitrogens with zero attached hydrogens (tertiary/aromatic N) is 2. The van der Waals surface area contributed by atoms with Crippen molar-refractivity contribution in [3.05, 3.63) is 23.9 Å². The maximum Gasteiger partial charge on any atom is 0.129 e. The van der Waals surface area contributed by atoms with Crippen molar-refractivity contribution in [1.29, 1.82) is 0 Å². The van der Waals surface area contributed by atoms with Crippen LogP contribution in [0.15, 0.2) is 18.3 Å². The predicted molar refractivity (Wildman–Crippen MR) is 69.2 cm³/mol. The first kappa shape index (κ1) is 12.3. The Morgan fingerprint density at radius 1 is 1.59 bits per heavy atom. The quantitative estimate of drug-likeness (QED) is 0.856. The van der Waals surface area contributed by atoms with Crippen molar-refractivity contribution in [2.24, 2.45) is 0 Å². The van der Waals surface area contributed by atoms with Crippen LogP contribution >= 0.6 is 0 Å². The van der Waals surface area contributed by atoms with Crippen molar-refractivity contribution in [1.82, 2.24) is 10.3 Å². The van der Waals surface area contributed by atoms with Gasteiger partial charge in [0.05, 0.1) is 19.3 Å². The van der Waals surface area contributed by atoms with Crippen molar-refractivity contribution in [2.45, 2.75) is 26.4 Å². The van der Waals surface area contributed by atoms with E-state index in [-0.39, 0.29) is 0 Å². The lowest BCUT2D eigenvalue weighted by Crippen LogP contribution is -2.44. The molecule has 1 aromatic heterocycles. The third kappa shape index (κ3) is 3.17. The molecular weight excluding hydrogens is 214 g/mol. The summed E-state index contributed by atoms with van der Waals surface area (Å²) >= 11 is 0. The van der Waals surface area contributed by atoms with Gasteiger partial charge < -0.3 is 15.0 Å². The Morgan fingerprint density at radius 3 is 3.24 bits per heavy atom. The lowest BCUT2D eigenvalue weighted by molar-refractivity contribution is 0.0985. The van der Waals surface area contributed by atoms with E-state index in [4.69, 9.17) is 4.74 Å². The molecule has 0 saturated carbocycles. The Kier molecular flexibility index (Phi) is 4.34. The summed E-state index contributed by atoms with van der Waals surface area (Å²) in [5.41, 5.74) is 1.29. The first-order valence-corrected chi connectivity index (χ1v) is 6.31. The SMILES string of the molecule is CCNCc1ccnc(N2CCOCC2C)c1. The molecule has 1 unspecified atom stereocenters. The van der Waals surface area contributed by atoms with Crippen LogP contribution in [-0.4, -0.2) is 37.3 Å². The average Bonchev–Trinajstić information content (AvgIpc) is 2.37. The molecule has 4 heteroatoms. The van der Waals surface area contributed by atoms with E-state index in [9.17, 15) is 0 Å². The van der Waals surface area contributed by atoms with E-state index in [1.165, 1.54) is 5.56 Å². The van der Waals surface area contributed by atoms with Crippen LogP contribution in [-0.2, 0) is 11.3 Å². The summed E-state index contributed by atoms with van der Waals surface area (Å²) < 4.78 is 5.45. The lowest BCUT2D eigenvalue weighted by Gasteiger charge is -2.34. The number of pyridine rings is 1. The normalized spacial score (nSPS) is 20.6. The van der Waals surface area contributed by atoms with Gasteiger partial charge in [0.1, 0.15) is 5.82 Å². The van der Waals surface area contributed by atoms with Crippen LogP contribution in [0, 0.1) is 0 Å². The van der Waals surface area contributed by atoms with E-state index in [1.54, 1.807) is 0 Å². The fourth-order valence-electron chi connectivity index (χ4n) is 2.06. The second-order valence-corrected chi connectivity index (χ2v) is 4.42. The molecule has 0 aromatic carbocycles. The number of rotatable bonds is 4. The van der Waals surface area contributed by atoms with Gasteiger partial charge in [0.25, 0.3) is 0 Å². The Bertz CT molecular complexity index is 356. The fourth-order valence-corrected chi connectivity index (χ4v) is 2.06. The molecule has 2 rings (SSSR count). The summed E-state index contributed by atoms with van der Waals surface area (Å²) in [5, 5.41) is 3.33. The molecule has 4 nitrogen and oxygen atoms in total. The maximum absolute atomic E-state index is 5.45. The van der Waals surface area contributed by atoms with Crippen LogP contribution < -0.4 is 10.2 Å². The predicted octanol–water partition coefficient (Wildman–Crippen LogP) is 1.42. The number of aromatic nitrogens is 1. The summed E-state index contributed by atoms with van der Waals surface area (Å²) in [6.07, 6.45) is 1.89. The summed E-state index contributed by atoms with van der Waals surface area (Å²) in [4.78, 5) is 6.78. The van der Waals surface area contributed by atoms with E-state index in [0.717, 1.165) is 38.7 Å². The summed E-state index contributed by atoms with van der Waals surface area (Å²) in [7, 11) is 0. The minimum atomic E-state index is 0.408. The molecule has 0 radical (unpaired) electrons. The Balaban J connectivity index is 2.08. The first-order valence-electron chi connectivity index (χ1n) is 6.31. The van der Waals surface area contributed by atoms with Crippen LogP contribution in [0.2, 0.25) is 0 Å². The number of ether oxygens (including phenoxy) is 1. The number of hydrogen-bond donors (Lipinski definition) is 1. The van der Waals surface area contributed by atoms with Gasteiger partial charge in [0.2, 0.25) is 0 Å². The summed E-state index contributed by atoms with van der Waals surface area (Å²) in [5.74, 6) is 1.07. The minimum absolute atomic E-state index is 0.408. The van der Waals surface area contributed by atoms with Crippen molar-refractivity contribution >= 4 is 5.82 Å². The van der Waals surface area contributed by atoms with Gasteiger partial charge in [-0.15, -0.1) is 0 Å². The van der Waals surface area contributed by atoms with Crippen LogP contribution in [0.25, 0.3) is 0 Å². The summed E-state index contributed by atoms with van der Waals surface area (Å²) in [6, 6.07) is 4.65. The highest BCUT2D eigenvalue weighted by Crippen LogP contribution is 2.18. The zero-order valence-corrected chi connectivity index (χ0v) is 10.6. The largest absolute Gasteiger partial charge is 0.377 e. The standard InChI is InChI=1S/C13H21N3O/c1-3-14-9-12-4-5-15-13(8-12)16-6-7-17-10-11(16)2/h4-5,8,11,14H,3,6-7,9-10H2,1-2H3. The molecule has 17 heavy (non-hydrogen) atoms. The van der Waals surface area contributed by atoms with Gasteiger partial charge in [-0.25, -0.2) is 4.98 Å². The van der Waals surface area contributed by atoms with Gasteiger partial charge in [-0.1, -0.05) is 6.92 Å². The van der Waals surface area contributed by atoms with Crippen molar-refractivity contribution in [3.8, 4) is 0 Å². The van der Waals surface area contributed by atoms with Gasteiger partial charge in [0.15, 0.2) is 0 Å². The molecule has 1 aromatic rings. The Labute approximate surface area is 103 Å². The third-order valence-electron chi connectivity index (χ3n) is 3.05. The molecule has 1 aliphatic rings. The molecular formula is C13H21N3O. The smallest absolute Gasteiger partial charge is 0.129 e. The number of hydrogen-bond acceptors (Lipinski definition) is 4. The monoisotopic (exact) mass is 235 g/mol. The molecule has 94 valence electrons. The second kappa shape index (κ2) is 5.98. The molecule has 1 aliphatic heterocycles. The zero-order valence-electron chi connectivity index (χ0n) is 10.6. The van der Waals surface area contributed by atoms with Crippen LogP contribution in [0.5, 0.6) is 0 Å². The van der Waals surface area contributed by atoms with Gasteiger partial charge in [-0.05, 0) is 31.2 Å². The molecule has 1 fully saturated rings. The molecule has 2 heterocycles. The number of anilines is 1. The van der Waals surface area contributed by atoms with E-state index in [2.05, 4.69) is 41.2 Å². The highest BCUT2D eigenvalue weighted by atomic mass is 16.5. The molecule has 0 aliphatic carbocycles. The number of nitrogens with one attached hydrogen (secondary N) is 1. The van der Waals surface area contributed by atoms with Crippen LogP contribution in [0.1, 0.15) is 19.4 Å². The van der Waals surface area contributed by atoms with Gasteiger partial charge in [-0.2, -0.15) is 0 Å². The first-order chi connectivity index (χ1) is 8.31. The van der Waals surface area contributed by atoms with Gasteiger partial charge in [-0.3, -0.25) is 0 Å². The van der Waals surface area contributed by atoms with E-state index >= 15 is 0 Å².